The number of esters is 2. The molecule has 0 N–H and O–H groups in total. The lowest BCUT2D eigenvalue weighted by Crippen LogP contribution is -2.49. The third kappa shape index (κ3) is 5.18. The predicted octanol–water partition coefficient (Wildman–Crippen LogP) is 2.82. The molecule has 1 aromatic rings. The van der Waals surface area contributed by atoms with Crippen LogP contribution in [0.5, 0.6) is 0 Å². The van der Waals surface area contributed by atoms with Crippen molar-refractivity contribution >= 4 is 23.9 Å². The predicted molar refractivity (Wildman–Crippen MR) is 97.4 cm³/mol. The molecule has 0 spiro atoms. The fourth-order valence-electron chi connectivity index (χ4n) is 3.18. The molecule has 0 bridgehead atoms. The highest BCUT2D eigenvalue weighted by atomic mass is 16.5. The highest BCUT2D eigenvalue weighted by Gasteiger charge is 2.29. The molecule has 0 aliphatic carbocycles. The quantitative estimate of drug-likeness (QED) is 0.597. The van der Waals surface area contributed by atoms with Crippen LogP contribution in [0.4, 0.5) is 0 Å². The highest BCUT2D eigenvalue weighted by molar-refractivity contribution is 5.91. The maximum atomic E-state index is 12.3. The Labute approximate surface area is 153 Å². The molecule has 2 atom stereocenters. The van der Waals surface area contributed by atoms with Crippen molar-refractivity contribution in [1.29, 1.82) is 0 Å². The van der Waals surface area contributed by atoms with Crippen LogP contribution in [-0.4, -0.2) is 48.5 Å². The number of amides is 1. The summed E-state index contributed by atoms with van der Waals surface area (Å²) in [4.78, 5) is 37.3. The van der Waals surface area contributed by atoms with E-state index in [1.165, 1.54) is 13.2 Å². The number of benzene rings is 1. The fourth-order valence-corrected chi connectivity index (χ4v) is 3.18. The SMILES string of the molecule is COC(=O)c1ccc(/C=C/C(=O)OCC(=O)N2[C@H](C)CCC[C@H]2C)cc1. The molecule has 1 heterocycles. The first-order chi connectivity index (χ1) is 12.4. The second kappa shape index (κ2) is 9.17. The molecule has 1 aliphatic rings. The average molecular weight is 359 g/mol. The minimum Gasteiger partial charge on any atom is -0.465 e. The van der Waals surface area contributed by atoms with Crippen molar-refractivity contribution < 1.29 is 23.9 Å². The van der Waals surface area contributed by atoms with Gasteiger partial charge in [0, 0.05) is 18.2 Å². The number of hydrogen-bond donors (Lipinski definition) is 0. The van der Waals surface area contributed by atoms with E-state index in [0.29, 0.717) is 5.56 Å². The normalized spacial score (nSPS) is 20.0. The van der Waals surface area contributed by atoms with Gasteiger partial charge in [-0.15, -0.1) is 0 Å². The Morgan fingerprint density at radius 2 is 1.73 bits per heavy atom. The van der Waals surface area contributed by atoms with Crippen LogP contribution >= 0.6 is 0 Å². The lowest BCUT2D eigenvalue weighted by molar-refractivity contribution is -0.151. The molecule has 0 aromatic heterocycles. The van der Waals surface area contributed by atoms with E-state index in [4.69, 9.17) is 4.74 Å². The van der Waals surface area contributed by atoms with Gasteiger partial charge in [-0.05, 0) is 56.9 Å². The molecule has 0 radical (unpaired) electrons. The molecule has 1 aliphatic heterocycles. The van der Waals surface area contributed by atoms with Crippen molar-refractivity contribution in [3.63, 3.8) is 0 Å². The first-order valence-corrected chi connectivity index (χ1v) is 8.76. The Kier molecular flexibility index (Phi) is 6.95. The molecular weight excluding hydrogens is 334 g/mol. The topological polar surface area (TPSA) is 72.9 Å². The second-order valence-electron chi connectivity index (χ2n) is 6.48. The number of methoxy groups -OCH3 is 1. The van der Waals surface area contributed by atoms with Gasteiger partial charge in [0.1, 0.15) is 0 Å². The summed E-state index contributed by atoms with van der Waals surface area (Å²) in [6.07, 6.45) is 5.91. The summed E-state index contributed by atoms with van der Waals surface area (Å²) < 4.78 is 9.69. The number of carbonyl (C=O) groups is 3. The number of likely N-dealkylation sites (tertiary alicyclic amines) is 1. The van der Waals surface area contributed by atoms with Gasteiger partial charge in [0.15, 0.2) is 6.61 Å². The van der Waals surface area contributed by atoms with Crippen LogP contribution < -0.4 is 0 Å². The van der Waals surface area contributed by atoms with Gasteiger partial charge < -0.3 is 14.4 Å². The van der Waals surface area contributed by atoms with E-state index >= 15 is 0 Å². The Hall–Kier alpha value is -2.63. The smallest absolute Gasteiger partial charge is 0.337 e. The summed E-state index contributed by atoms with van der Waals surface area (Å²) in [5.74, 6) is -1.15. The second-order valence-corrected chi connectivity index (χ2v) is 6.48. The summed E-state index contributed by atoms with van der Waals surface area (Å²) in [5.41, 5.74) is 1.17. The average Bonchev–Trinajstić information content (AvgIpc) is 2.64. The van der Waals surface area contributed by atoms with Gasteiger partial charge in [0.25, 0.3) is 5.91 Å². The molecule has 1 aromatic carbocycles. The summed E-state index contributed by atoms with van der Waals surface area (Å²) >= 11 is 0. The zero-order valence-corrected chi connectivity index (χ0v) is 15.4. The van der Waals surface area contributed by atoms with Gasteiger partial charge in [-0.3, -0.25) is 4.79 Å². The summed E-state index contributed by atoms with van der Waals surface area (Å²) in [6.45, 7) is 3.79. The van der Waals surface area contributed by atoms with E-state index in [1.807, 2.05) is 18.7 Å². The molecule has 1 amide bonds. The van der Waals surface area contributed by atoms with Crippen LogP contribution in [0.15, 0.2) is 30.3 Å². The maximum Gasteiger partial charge on any atom is 0.337 e. The van der Waals surface area contributed by atoms with Gasteiger partial charge in [-0.25, -0.2) is 9.59 Å². The first-order valence-electron chi connectivity index (χ1n) is 8.76. The number of carbonyl (C=O) groups excluding carboxylic acids is 3. The molecule has 6 heteroatoms. The van der Waals surface area contributed by atoms with Crippen LogP contribution in [-0.2, 0) is 19.1 Å². The molecule has 1 saturated heterocycles. The first kappa shape index (κ1) is 19.7. The van der Waals surface area contributed by atoms with Crippen LogP contribution in [0, 0.1) is 0 Å². The zero-order chi connectivity index (χ0) is 19.1. The van der Waals surface area contributed by atoms with E-state index in [2.05, 4.69) is 4.74 Å². The van der Waals surface area contributed by atoms with Crippen molar-refractivity contribution in [2.75, 3.05) is 13.7 Å². The Bertz CT molecular complexity index is 670. The Balaban J connectivity index is 1.85. The maximum absolute atomic E-state index is 12.3. The van der Waals surface area contributed by atoms with E-state index in [9.17, 15) is 14.4 Å². The van der Waals surface area contributed by atoms with Crippen LogP contribution in [0.2, 0.25) is 0 Å². The van der Waals surface area contributed by atoms with Crippen LogP contribution in [0.3, 0.4) is 0 Å². The minimum atomic E-state index is -0.576. The van der Waals surface area contributed by atoms with Gasteiger partial charge in [-0.2, -0.15) is 0 Å². The summed E-state index contributed by atoms with van der Waals surface area (Å²) in [7, 11) is 1.32. The van der Waals surface area contributed by atoms with Crippen molar-refractivity contribution in [2.45, 2.75) is 45.2 Å². The van der Waals surface area contributed by atoms with Crippen molar-refractivity contribution in [3.05, 3.63) is 41.5 Å². The Morgan fingerprint density at radius 3 is 2.31 bits per heavy atom. The van der Waals surface area contributed by atoms with E-state index in [1.54, 1.807) is 30.3 Å². The fraction of sp³-hybridized carbons (Fsp3) is 0.450. The third-order valence-electron chi connectivity index (χ3n) is 4.56. The van der Waals surface area contributed by atoms with E-state index in [-0.39, 0.29) is 24.6 Å². The number of piperidine rings is 1. The number of hydrogen-bond acceptors (Lipinski definition) is 5. The largest absolute Gasteiger partial charge is 0.465 e. The van der Waals surface area contributed by atoms with Crippen molar-refractivity contribution in [2.24, 2.45) is 0 Å². The summed E-state index contributed by atoms with van der Waals surface area (Å²) in [5, 5.41) is 0. The molecule has 6 nitrogen and oxygen atoms in total. The number of ether oxygens (including phenoxy) is 2. The highest BCUT2D eigenvalue weighted by Crippen LogP contribution is 2.22. The van der Waals surface area contributed by atoms with E-state index < -0.39 is 11.9 Å². The number of rotatable bonds is 5. The third-order valence-corrected chi connectivity index (χ3v) is 4.56. The summed E-state index contributed by atoms with van der Waals surface area (Å²) in [6, 6.07) is 6.96. The van der Waals surface area contributed by atoms with Gasteiger partial charge in [-0.1, -0.05) is 12.1 Å². The van der Waals surface area contributed by atoms with Gasteiger partial charge in [0.2, 0.25) is 0 Å². The molecule has 0 unspecified atom stereocenters. The molecule has 26 heavy (non-hydrogen) atoms. The standard InChI is InChI=1S/C20H25NO5/c1-14-5-4-6-15(2)21(14)18(22)13-26-19(23)12-9-16-7-10-17(11-8-16)20(24)25-3/h7-12,14-15H,4-6,13H2,1-3H3/b12-9+/t14-,15-/m1/s1. The van der Waals surface area contributed by atoms with Gasteiger partial charge >= 0.3 is 11.9 Å². The van der Waals surface area contributed by atoms with Gasteiger partial charge in [0.05, 0.1) is 12.7 Å². The molecule has 0 saturated carbocycles. The Morgan fingerprint density at radius 1 is 1.12 bits per heavy atom. The van der Waals surface area contributed by atoms with E-state index in [0.717, 1.165) is 24.8 Å². The van der Waals surface area contributed by atoms with Crippen molar-refractivity contribution in [3.8, 4) is 0 Å². The molecule has 140 valence electrons. The van der Waals surface area contributed by atoms with Crippen molar-refractivity contribution in [1.82, 2.24) is 4.90 Å². The zero-order valence-electron chi connectivity index (χ0n) is 15.4. The minimum absolute atomic E-state index is 0.158. The van der Waals surface area contributed by atoms with Crippen LogP contribution in [0.1, 0.15) is 49.0 Å². The molecular formula is C20H25NO5. The lowest BCUT2D eigenvalue weighted by atomic mass is 9.97. The number of nitrogens with zero attached hydrogens (tertiary/aromatic N) is 1. The van der Waals surface area contributed by atoms with Crippen LogP contribution in [0.25, 0.3) is 6.08 Å². The molecule has 1 fully saturated rings. The monoisotopic (exact) mass is 359 g/mol. The lowest BCUT2D eigenvalue weighted by Gasteiger charge is -2.38. The molecule has 2 rings (SSSR count).